The molecule has 0 saturated carbocycles. The summed E-state index contributed by atoms with van der Waals surface area (Å²) in [5.74, 6) is -0.985. The molecule has 0 unspecified atom stereocenters. The molecule has 19 heavy (non-hydrogen) atoms. The van der Waals surface area contributed by atoms with E-state index in [1.807, 2.05) is 31.3 Å². The number of carbonyl (C=O) groups is 1. The highest BCUT2D eigenvalue weighted by molar-refractivity contribution is 6.32. The van der Waals surface area contributed by atoms with Gasteiger partial charge in [0.25, 0.3) is 0 Å². The molecule has 0 aliphatic carbocycles. The number of carboxylic acid groups (broad SMARTS) is 1. The Morgan fingerprint density at radius 2 is 2.26 bits per heavy atom. The first-order valence-corrected chi connectivity index (χ1v) is 6.45. The molecule has 0 fully saturated rings. The van der Waals surface area contributed by atoms with Crippen LogP contribution in [0.3, 0.4) is 0 Å². The average Bonchev–Trinajstić information content (AvgIpc) is 2.37. The zero-order chi connectivity index (χ0) is 14.3. The fourth-order valence-electron chi connectivity index (χ4n) is 1.65. The molecule has 0 aromatic heterocycles. The molecule has 3 nitrogen and oxygen atoms in total. The summed E-state index contributed by atoms with van der Waals surface area (Å²) in [4.78, 5) is 12.6. The summed E-state index contributed by atoms with van der Waals surface area (Å²) in [6, 6.07) is 5.60. The van der Waals surface area contributed by atoms with E-state index in [9.17, 15) is 4.79 Å². The van der Waals surface area contributed by atoms with Gasteiger partial charge in [-0.3, -0.25) is 0 Å². The smallest absolute Gasteiger partial charge is 0.328 e. The van der Waals surface area contributed by atoms with Gasteiger partial charge in [-0.25, -0.2) is 4.79 Å². The number of nitrogens with zero attached hydrogens (tertiary/aromatic N) is 1. The fourth-order valence-corrected chi connectivity index (χ4v) is 1.89. The van der Waals surface area contributed by atoms with Gasteiger partial charge in [0.1, 0.15) is 0 Å². The standard InChI is InChI=1S/C15H18ClNO2/c1-3-4-5-10-17(2)13-8-6-12(14(16)11-13)7-9-15(18)19/h3,6-9,11H,1,4-5,10H2,2H3,(H,18,19)/b9-7+. The minimum absolute atomic E-state index is 0.547. The van der Waals surface area contributed by atoms with Crippen LogP contribution in [-0.2, 0) is 4.79 Å². The van der Waals surface area contributed by atoms with E-state index in [0.717, 1.165) is 31.1 Å². The van der Waals surface area contributed by atoms with Crippen molar-refractivity contribution in [3.63, 3.8) is 0 Å². The van der Waals surface area contributed by atoms with Crippen LogP contribution in [0.1, 0.15) is 18.4 Å². The molecule has 0 atom stereocenters. The zero-order valence-corrected chi connectivity index (χ0v) is 11.7. The second-order valence-electron chi connectivity index (χ2n) is 4.23. The van der Waals surface area contributed by atoms with Gasteiger partial charge in [0.05, 0.1) is 0 Å². The minimum Gasteiger partial charge on any atom is -0.478 e. The average molecular weight is 280 g/mol. The first kappa shape index (κ1) is 15.3. The molecule has 4 heteroatoms. The van der Waals surface area contributed by atoms with Gasteiger partial charge in [-0.15, -0.1) is 6.58 Å². The number of benzene rings is 1. The Morgan fingerprint density at radius 3 is 2.84 bits per heavy atom. The quantitative estimate of drug-likeness (QED) is 0.468. The topological polar surface area (TPSA) is 40.5 Å². The Labute approximate surface area is 118 Å². The van der Waals surface area contributed by atoms with E-state index in [1.54, 1.807) is 0 Å². The first-order chi connectivity index (χ1) is 9.04. The molecular formula is C15H18ClNO2. The summed E-state index contributed by atoms with van der Waals surface area (Å²) >= 11 is 6.13. The summed E-state index contributed by atoms with van der Waals surface area (Å²) in [5, 5.41) is 9.13. The van der Waals surface area contributed by atoms with Crippen LogP contribution in [0.2, 0.25) is 5.02 Å². The summed E-state index contributed by atoms with van der Waals surface area (Å²) in [5.41, 5.74) is 1.72. The number of aliphatic carboxylic acids is 1. The molecule has 102 valence electrons. The Morgan fingerprint density at radius 1 is 1.53 bits per heavy atom. The Bertz CT molecular complexity index is 483. The zero-order valence-electron chi connectivity index (χ0n) is 11.0. The van der Waals surface area contributed by atoms with Crippen molar-refractivity contribution in [2.24, 2.45) is 0 Å². The van der Waals surface area contributed by atoms with Crippen molar-refractivity contribution in [3.05, 3.63) is 47.5 Å². The fraction of sp³-hybridized carbons (Fsp3) is 0.267. The second-order valence-corrected chi connectivity index (χ2v) is 4.64. The second kappa shape index (κ2) is 7.64. The van der Waals surface area contributed by atoms with Crippen molar-refractivity contribution in [1.29, 1.82) is 0 Å². The Balaban J connectivity index is 2.75. The molecule has 0 radical (unpaired) electrons. The van der Waals surface area contributed by atoms with Gasteiger partial charge in [0, 0.05) is 30.4 Å². The highest BCUT2D eigenvalue weighted by atomic mass is 35.5. The molecule has 0 amide bonds. The summed E-state index contributed by atoms with van der Waals surface area (Å²) < 4.78 is 0. The van der Waals surface area contributed by atoms with Gasteiger partial charge >= 0.3 is 5.97 Å². The SMILES string of the molecule is C=CCCCN(C)c1ccc(/C=C/C(=O)O)c(Cl)c1. The van der Waals surface area contributed by atoms with Crippen molar-refractivity contribution < 1.29 is 9.90 Å². The van der Waals surface area contributed by atoms with E-state index < -0.39 is 5.97 Å². The van der Waals surface area contributed by atoms with E-state index in [1.165, 1.54) is 6.08 Å². The summed E-state index contributed by atoms with van der Waals surface area (Å²) in [6.45, 7) is 4.62. The maximum Gasteiger partial charge on any atom is 0.328 e. The number of halogens is 1. The lowest BCUT2D eigenvalue weighted by Gasteiger charge is -2.19. The lowest BCUT2D eigenvalue weighted by atomic mass is 10.1. The predicted octanol–water partition coefficient (Wildman–Crippen LogP) is 3.84. The van der Waals surface area contributed by atoms with Crippen molar-refractivity contribution >= 4 is 29.3 Å². The predicted molar refractivity (Wildman–Crippen MR) is 80.8 cm³/mol. The number of allylic oxidation sites excluding steroid dienone is 1. The van der Waals surface area contributed by atoms with Crippen molar-refractivity contribution in [1.82, 2.24) is 0 Å². The molecule has 0 spiro atoms. The van der Waals surface area contributed by atoms with Crippen LogP contribution >= 0.6 is 11.6 Å². The third-order valence-corrected chi connectivity index (χ3v) is 3.06. The van der Waals surface area contributed by atoms with E-state index in [-0.39, 0.29) is 0 Å². The highest BCUT2D eigenvalue weighted by Gasteiger charge is 2.04. The van der Waals surface area contributed by atoms with E-state index >= 15 is 0 Å². The molecular weight excluding hydrogens is 262 g/mol. The molecule has 0 aliphatic rings. The lowest BCUT2D eigenvalue weighted by molar-refractivity contribution is -0.131. The molecule has 0 heterocycles. The van der Waals surface area contributed by atoms with Crippen LogP contribution in [0.15, 0.2) is 36.9 Å². The maximum atomic E-state index is 10.5. The highest BCUT2D eigenvalue weighted by Crippen LogP contribution is 2.24. The van der Waals surface area contributed by atoms with Crippen molar-refractivity contribution in [2.75, 3.05) is 18.5 Å². The van der Waals surface area contributed by atoms with Crippen LogP contribution in [-0.4, -0.2) is 24.7 Å². The molecule has 0 bridgehead atoms. The molecule has 1 aromatic rings. The number of hydrogen-bond acceptors (Lipinski definition) is 2. The van der Waals surface area contributed by atoms with Gasteiger partial charge in [-0.2, -0.15) is 0 Å². The molecule has 1 aromatic carbocycles. The Hall–Kier alpha value is -1.74. The minimum atomic E-state index is -0.985. The number of unbranched alkanes of at least 4 members (excludes halogenated alkanes) is 1. The largest absolute Gasteiger partial charge is 0.478 e. The normalized spacial score (nSPS) is 10.6. The maximum absolute atomic E-state index is 10.5. The van der Waals surface area contributed by atoms with Crippen LogP contribution in [0.5, 0.6) is 0 Å². The molecule has 1 N–H and O–H groups in total. The van der Waals surface area contributed by atoms with E-state index in [4.69, 9.17) is 16.7 Å². The molecule has 1 rings (SSSR count). The Kier molecular flexibility index (Phi) is 6.16. The van der Waals surface area contributed by atoms with E-state index in [2.05, 4.69) is 11.5 Å². The van der Waals surface area contributed by atoms with Gasteiger partial charge in [0.2, 0.25) is 0 Å². The van der Waals surface area contributed by atoms with Crippen molar-refractivity contribution in [2.45, 2.75) is 12.8 Å². The summed E-state index contributed by atoms with van der Waals surface area (Å²) in [6.07, 6.45) is 6.50. The van der Waals surface area contributed by atoms with Crippen LogP contribution in [0.4, 0.5) is 5.69 Å². The van der Waals surface area contributed by atoms with Gasteiger partial charge in [-0.05, 0) is 36.6 Å². The van der Waals surface area contributed by atoms with Crippen LogP contribution in [0, 0.1) is 0 Å². The van der Waals surface area contributed by atoms with Gasteiger partial charge in [-0.1, -0.05) is 23.7 Å². The number of hydrogen-bond donors (Lipinski definition) is 1. The third kappa shape index (κ3) is 5.18. The first-order valence-electron chi connectivity index (χ1n) is 6.07. The van der Waals surface area contributed by atoms with Gasteiger partial charge < -0.3 is 10.0 Å². The summed E-state index contributed by atoms with van der Waals surface area (Å²) in [7, 11) is 2.00. The monoisotopic (exact) mass is 279 g/mol. The van der Waals surface area contributed by atoms with Gasteiger partial charge in [0.15, 0.2) is 0 Å². The van der Waals surface area contributed by atoms with Crippen LogP contribution in [0.25, 0.3) is 6.08 Å². The third-order valence-electron chi connectivity index (χ3n) is 2.73. The van der Waals surface area contributed by atoms with E-state index in [0.29, 0.717) is 10.6 Å². The molecule has 0 aliphatic heterocycles. The van der Waals surface area contributed by atoms with Crippen LogP contribution < -0.4 is 4.90 Å². The lowest BCUT2D eigenvalue weighted by Crippen LogP contribution is -2.18. The number of anilines is 1. The number of rotatable bonds is 7. The van der Waals surface area contributed by atoms with Crippen molar-refractivity contribution in [3.8, 4) is 0 Å². The number of carboxylic acids is 1. The molecule has 0 saturated heterocycles.